The topological polar surface area (TPSA) is 15.8 Å². The Balaban J connectivity index is 2.18. The third-order valence-electron chi connectivity index (χ3n) is 4.51. The van der Waals surface area contributed by atoms with Crippen molar-refractivity contribution in [3.05, 3.63) is 67.8 Å². The zero-order valence-corrected chi connectivity index (χ0v) is 16.3. The van der Waals surface area contributed by atoms with Gasteiger partial charge >= 0.3 is 0 Å². The van der Waals surface area contributed by atoms with Crippen molar-refractivity contribution in [2.75, 3.05) is 0 Å². The molecule has 0 aliphatic carbocycles. The molecule has 0 saturated heterocycles. The van der Waals surface area contributed by atoms with E-state index in [1.165, 1.54) is 50.5 Å². The van der Waals surface area contributed by atoms with Gasteiger partial charge in [0.25, 0.3) is 0 Å². The molecule has 3 heteroatoms. The average Bonchev–Trinajstić information content (AvgIpc) is 2.93. The SMILES string of the molecule is Ic1cc2[nH]c3cc(I)c4ccccc4c3c2c2ccccc12. The first-order valence-corrected chi connectivity index (χ1v) is 9.59. The summed E-state index contributed by atoms with van der Waals surface area (Å²) in [5.74, 6) is 0. The Morgan fingerprint density at radius 3 is 1.39 bits per heavy atom. The Labute approximate surface area is 160 Å². The summed E-state index contributed by atoms with van der Waals surface area (Å²) in [7, 11) is 0. The molecule has 5 aromatic rings. The summed E-state index contributed by atoms with van der Waals surface area (Å²) in [5, 5.41) is 7.97. The van der Waals surface area contributed by atoms with Crippen LogP contribution in [-0.4, -0.2) is 4.98 Å². The molecule has 5 rings (SSSR count). The minimum atomic E-state index is 1.22. The highest BCUT2D eigenvalue weighted by molar-refractivity contribution is 14.1. The van der Waals surface area contributed by atoms with E-state index in [2.05, 4.69) is 111 Å². The monoisotopic (exact) mass is 519 g/mol. The summed E-state index contributed by atoms with van der Waals surface area (Å²) in [6.07, 6.45) is 0. The van der Waals surface area contributed by atoms with Crippen molar-refractivity contribution < 1.29 is 0 Å². The number of halogens is 2. The van der Waals surface area contributed by atoms with Crippen LogP contribution in [0.25, 0.3) is 43.4 Å². The predicted molar refractivity (Wildman–Crippen MR) is 116 cm³/mol. The molecule has 0 fully saturated rings. The van der Waals surface area contributed by atoms with Gasteiger partial charge in [0.2, 0.25) is 0 Å². The third kappa shape index (κ3) is 1.96. The number of rotatable bonds is 0. The van der Waals surface area contributed by atoms with E-state index in [0.717, 1.165) is 0 Å². The van der Waals surface area contributed by atoms with Crippen LogP contribution in [-0.2, 0) is 0 Å². The van der Waals surface area contributed by atoms with Crippen molar-refractivity contribution in [3.63, 3.8) is 0 Å². The van der Waals surface area contributed by atoms with E-state index in [-0.39, 0.29) is 0 Å². The van der Waals surface area contributed by atoms with Gasteiger partial charge in [0.15, 0.2) is 0 Å². The lowest BCUT2D eigenvalue weighted by Gasteiger charge is -2.06. The summed E-state index contributed by atoms with van der Waals surface area (Å²) < 4.78 is 2.58. The Kier molecular flexibility index (Phi) is 3.10. The normalized spacial score (nSPS) is 11.9. The van der Waals surface area contributed by atoms with Gasteiger partial charge in [-0.2, -0.15) is 0 Å². The van der Waals surface area contributed by atoms with Gasteiger partial charge in [0, 0.05) is 28.9 Å². The lowest BCUT2D eigenvalue weighted by Crippen LogP contribution is -1.81. The van der Waals surface area contributed by atoms with Gasteiger partial charge in [0.1, 0.15) is 0 Å². The molecule has 1 aromatic heterocycles. The number of H-pyrrole nitrogens is 1. The van der Waals surface area contributed by atoms with E-state index in [4.69, 9.17) is 0 Å². The second-order valence-electron chi connectivity index (χ2n) is 5.78. The van der Waals surface area contributed by atoms with Crippen LogP contribution in [0, 0.1) is 7.14 Å². The van der Waals surface area contributed by atoms with E-state index in [0.29, 0.717) is 0 Å². The standard InChI is InChI=1S/C20H11I2N/c21-15-9-17-19(13-7-3-1-5-11(13)15)20-14-8-4-2-6-12(14)16(22)10-18(20)23-17/h1-10,23H. The highest BCUT2D eigenvalue weighted by Crippen LogP contribution is 2.39. The van der Waals surface area contributed by atoms with Crippen molar-refractivity contribution in [2.45, 2.75) is 0 Å². The van der Waals surface area contributed by atoms with Crippen LogP contribution in [0.2, 0.25) is 0 Å². The molecule has 0 bridgehead atoms. The minimum absolute atomic E-state index is 1.22. The highest BCUT2D eigenvalue weighted by Gasteiger charge is 2.14. The molecule has 1 N–H and O–H groups in total. The molecule has 0 aliphatic rings. The molecule has 1 nitrogen and oxygen atoms in total. The van der Waals surface area contributed by atoms with Gasteiger partial charge in [-0.1, -0.05) is 48.5 Å². The summed E-state index contributed by atoms with van der Waals surface area (Å²) in [6.45, 7) is 0. The average molecular weight is 519 g/mol. The van der Waals surface area contributed by atoms with Gasteiger partial charge in [-0.15, -0.1) is 0 Å². The van der Waals surface area contributed by atoms with Crippen molar-refractivity contribution in [1.82, 2.24) is 4.98 Å². The first-order chi connectivity index (χ1) is 11.2. The Hall–Kier alpha value is -1.34. The molecule has 23 heavy (non-hydrogen) atoms. The molecule has 0 aliphatic heterocycles. The van der Waals surface area contributed by atoms with Gasteiger partial charge in [-0.25, -0.2) is 0 Å². The molecular weight excluding hydrogens is 508 g/mol. The number of aromatic nitrogens is 1. The maximum absolute atomic E-state index is 3.63. The van der Waals surface area contributed by atoms with Gasteiger partial charge in [-0.3, -0.25) is 0 Å². The smallest absolute Gasteiger partial charge is 0.0482 e. The fourth-order valence-corrected chi connectivity index (χ4v) is 5.11. The first-order valence-electron chi connectivity index (χ1n) is 7.44. The van der Waals surface area contributed by atoms with E-state index >= 15 is 0 Å². The fraction of sp³-hybridized carbons (Fsp3) is 0. The molecule has 0 atom stereocenters. The number of aromatic amines is 1. The van der Waals surface area contributed by atoms with Gasteiger partial charge < -0.3 is 4.98 Å². The number of fused-ring (bicyclic) bond motifs is 7. The third-order valence-corrected chi connectivity index (χ3v) is 6.29. The minimum Gasteiger partial charge on any atom is -0.354 e. The zero-order chi connectivity index (χ0) is 15.6. The number of benzene rings is 4. The van der Waals surface area contributed by atoms with Crippen LogP contribution < -0.4 is 0 Å². The molecular formula is C20H11I2N. The maximum Gasteiger partial charge on any atom is 0.0482 e. The summed E-state index contributed by atoms with van der Waals surface area (Å²) >= 11 is 4.87. The van der Waals surface area contributed by atoms with Gasteiger partial charge in [-0.05, 0) is 78.9 Å². The van der Waals surface area contributed by atoms with Crippen LogP contribution in [0.5, 0.6) is 0 Å². The second-order valence-corrected chi connectivity index (χ2v) is 8.10. The van der Waals surface area contributed by atoms with E-state index in [9.17, 15) is 0 Å². The molecule has 0 saturated carbocycles. The van der Waals surface area contributed by atoms with Crippen molar-refractivity contribution in [2.24, 2.45) is 0 Å². The zero-order valence-electron chi connectivity index (χ0n) is 12.0. The molecule has 4 aromatic carbocycles. The Morgan fingerprint density at radius 2 is 0.957 bits per heavy atom. The summed E-state index contributed by atoms with van der Waals surface area (Å²) in [6, 6.07) is 21.9. The maximum atomic E-state index is 3.63. The molecule has 110 valence electrons. The quantitative estimate of drug-likeness (QED) is 0.216. The van der Waals surface area contributed by atoms with Crippen LogP contribution in [0.3, 0.4) is 0 Å². The lowest BCUT2D eigenvalue weighted by molar-refractivity contribution is 1.54. The molecule has 1 heterocycles. The van der Waals surface area contributed by atoms with Crippen LogP contribution >= 0.6 is 45.2 Å². The van der Waals surface area contributed by atoms with E-state index in [1.54, 1.807) is 0 Å². The predicted octanol–water partition coefficient (Wildman–Crippen LogP) is 6.84. The van der Waals surface area contributed by atoms with Crippen molar-refractivity contribution >= 4 is 88.5 Å². The molecule has 0 amide bonds. The van der Waals surface area contributed by atoms with Crippen molar-refractivity contribution in [3.8, 4) is 0 Å². The number of nitrogens with one attached hydrogen (secondary N) is 1. The molecule has 0 radical (unpaired) electrons. The summed E-state index contributed by atoms with van der Waals surface area (Å²) in [5.41, 5.74) is 2.44. The first kappa shape index (κ1) is 14.0. The number of hydrogen-bond acceptors (Lipinski definition) is 0. The van der Waals surface area contributed by atoms with Crippen LogP contribution in [0.15, 0.2) is 60.7 Å². The lowest BCUT2D eigenvalue weighted by atomic mass is 10.00. The molecule has 0 unspecified atom stereocenters. The van der Waals surface area contributed by atoms with Crippen molar-refractivity contribution in [1.29, 1.82) is 0 Å². The van der Waals surface area contributed by atoms with Gasteiger partial charge in [0.05, 0.1) is 0 Å². The van der Waals surface area contributed by atoms with E-state index in [1.807, 2.05) is 0 Å². The molecule has 0 spiro atoms. The Morgan fingerprint density at radius 1 is 0.565 bits per heavy atom. The van der Waals surface area contributed by atoms with E-state index < -0.39 is 0 Å². The summed E-state index contributed by atoms with van der Waals surface area (Å²) in [4.78, 5) is 3.63. The fourth-order valence-electron chi connectivity index (χ4n) is 3.54. The van der Waals surface area contributed by atoms with Crippen LogP contribution in [0.4, 0.5) is 0 Å². The largest absolute Gasteiger partial charge is 0.354 e. The Bertz CT molecular complexity index is 1140. The highest BCUT2D eigenvalue weighted by atomic mass is 127. The second kappa shape index (κ2) is 5.08. The van der Waals surface area contributed by atoms with Crippen LogP contribution in [0.1, 0.15) is 0 Å². The number of hydrogen-bond donors (Lipinski definition) is 1.